The Morgan fingerprint density at radius 3 is 2.52 bits per heavy atom. The van der Waals surface area contributed by atoms with Crippen LogP contribution in [0, 0.1) is 0 Å². The molecule has 1 saturated heterocycles. The average Bonchev–Trinajstić information content (AvgIpc) is 2.45. The lowest BCUT2D eigenvalue weighted by molar-refractivity contribution is -0.137. The minimum Gasteiger partial charge on any atom is -0.370 e. The Labute approximate surface area is 127 Å². The van der Waals surface area contributed by atoms with Gasteiger partial charge in [-0.05, 0) is 37.7 Å². The lowest BCUT2D eigenvalue weighted by Gasteiger charge is -2.22. The molecule has 0 amide bonds. The Hall–Kier alpha value is -1.11. The molecule has 1 aliphatic rings. The second kappa shape index (κ2) is 7.24. The fourth-order valence-corrected chi connectivity index (χ4v) is 3.48. The zero-order valence-corrected chi connectivity index (χ0v) is 12.8. The molecule has 0 saturated carbocycles. The Kier molecular flexibility index (Phi) is 5.61. The molecule has 1 aromatic rings. The van der Waals surface area contributed by atoms with E-state index in [1.54, 1.807) is 0 Å². The van der Waals surface area contributed by atoms with E-state index in [9.17, 15) is 13.2 Å². The van der Waals surface area contributed by atoms with Crippen molar-refractivity contribution in [2.45, 2.75) is 37.6 Å². The Balaban J connectivity index is 2.07. The van der Waals surface area contributed by atoms with Crippen molar-refractivity contribution in [1.82, 2.24) is 4.98 Å². The van der Waals surface area contributed by atoms with Crippen LogP contribution >= 0.6 is 11.8 Å². The van der Waals surface area contributed by atoms with Crippen LogP contribution in [0.1, 0.15) is 31.7 Å². The molecule has 1 aliphatic heterocycles. The van der Waals surface area contributed by atoms with Crippen LogP contribution in [0.3, 0.4) is 0 Å². The number of nitrogens with one attached hydrogen (secondary N) is 2. The molecule has 1 aromatic heterocycles. The SMILES string of the molecule is CCNc1cc(C(F)(F)F)cc(NCC2CCCCS2)n1. The van der Waals surface area contributed by atoms with Crippen molar-refractivity contribution < 1.29 is 13.2 Å². The molecule has 7 heteroatoms. The summed E-state index contributed by atoms with van der Waals surface area (Å²) in [5, 5.41) is 6.35. The summed E-state index contributed by atoms with van der Waals surface area (Å²) in [5.74, 6) is 1.67. The van der Waals surface area contributed by atoms with E-state index in [1.807, 2.05) is 18.7 Å². The first-order valence-electron chi connectivity index (χ1n) is 7.17. The third-order valence-electron chi connectivity index (χ3n) is 3.30. The smallest absolute Gasteiger partial charge is 0.370 e. The highest BCUT2D eigenvalue weighted by atomic mass is 32.2. The van der Waals surface area contributed by atoms with Crippen LogP contribution in [0.5, 0.6) is 0 Å². The molecule has 21 heavy (non-hydrogen) atoms. The molecule has 0 aromatic carbocycles. The Morgan fingerprint density at radius 2 is 1.95 bits per heavy atom. The molecule has 3 nitrogen and oxygen atoms in total. The maximum absolute atomic E-state index is 12.9. The predicted molar refractivity (Wildman–Crippen MR) is 82.0 cm³/mol. The molecule has 2 rings (SSSR count). The third-order valence-corrected chi connectivity index (χ3v) is 4.69. The van der Waals surface area contributed by atoms with Crippen molar-refractivity contribution in [3.63, 3.8) is 0 Å². The highest BCUT2D eigenvalue weighted by Gasteiger charge is 2.31. The number of thioether (sulfide) groups is 1. The van der Waals surface area contributed by atoms with Gasteiger partial charge in [0, 0.05) is 18.3 Å². The van der Waals surface area contributed by atoms with E-state index in [0.717, 1.165) is 24.3 Å². The van der Waals surface area contributed by atoms with Gasteiger partial charge >= 0.3 is 6.18 Å². The highest BCUT2D eigenvalue weighted by molar-refractivity contribution is 7.99. The zero-order valence-electron chi connectivity index (χ0n) is 12.0. The van der Waals surface area contributed by atoms with Gasteiger partial charge in [0.1, 0.15) is 11.6 Å². The first-order valence-corrected chi connectivity index (χ1v) is 8.22. The third kappa shape index (κ3) is 4.98. The van der Waals surface area contributed by atoms with Gasteiger partial charge in [0.25, 0.3) is 0 Å². The molecule has 1 unspecified atom stereocenters. The van der Waals surface area contributed by atoms with Gasteiger partial charge in [0.05, 0.1) is 5.56 Å². The molecule has 0 bridgehead atoms. The second-order valence-corrected chi connectivity index (χ2v) is 6.43. The van der Waals surface area contributed by atoms with E-state index < -0.39 is 11.7 Å². The topological polar surface area (TPSA) is 37.0 Å². The number of halogens is 3. The lowest BCUT2D eigenvalue weighted by atomic mass is 10.2. The van der Waals surface area contributed by atoms with E-state index in [4.69, 9.17) is 0 Å². The maximum Gasteiger partial charge on any atom is 0.416 e. The monoisotopic (exact) mass is 319 g/mol. The number of rotatable bonds is 5. The molecule has 0 radical (unpaired) electrons. The van der Waals surface area contributed by atoms with Gasteiger partial charge in [-0.1, -0.05) is 6.42 Å². The van der Waals surface area contributed by atoms with Gasteiger partial charge in [-0.25, -0.2) is 4.98 Å². The summed E-state index contributed by atoms with van der Waals surface area (Å²) in [7, 11) is 0. The summed E-state index contributed by atoms with van der Waals surface area (Å²) >= 11 is 1.88. The van der Waals surface area contributed by atoms with Gasteiger partial charge in [-0.3, -0.25) is 0 Å². The fourth-order valence-electron chi connectivity index (χ4n) is 2.24. The largest absolute Gasteiger partial charge is 0.416 e. The van der Waals surface area contributed by atoms with E-state index in [2.05, 4.69) is 15.6 Å². The quantitative estimate of drug-likeness (QED) is 0.851. The number of hydrogen-bond donors (Lipinski definition) is 2. The van der Waals surface area contributed by atoms with Gasteiger partial charge in [-0.15, -0.1) is 0 Å². The van der Waals surface area contributed by atoms with Gasteiger partial charge in [0.2, 0.25) is 0 Å². The van der Waals surface area contributed by atoms with Crippen LogP contribution in [0.4, 0.5) is 24.8 Å². The van der Waals surface area contributed by atoms with Gasteiger partial charge in [-0.2, -0.15) is 24.9 Å². The van der Waals surface area contributed by atoms with E-state index in [0.29, 0.717) is 18.3 Å². The van der Waals surface area contributed by atoms with Crippen molar-refractivity contribution in [3.05, 3.63) is 17.7 Å². The lowest BCUT2D eigenvalue weighted by Crippen LogP contribution is -2.21. The fraction of sp³-hybridized carbons (Fsp3) is 0.643. The summed E-state index contributed by atoms with van der Waals surface area (Å²) in [6.07, 6.45) is -0.828. The first-order chi connectivity index (χ1) is 9.99. The number of pyridine rings is 1. The minimum absolute atomic E-state index is 0.256. The van der Waals surface area contributed by atoms with Crippen LogP contribution in [0.15, 0.2) is 12.1 Å². The second-order valence-electron chi connectivity index (χ2n) is 5.02. The summed E-state index contributed by atoms with van der Waals surface area (Å²) in [6.45, 7) is 3.02. The molecule has 1 fully saturated rings. The highest BCUT2D eigenvalue weighted by Crippen LogP contribution is 2.32. The summed E-state index contributed by atoms with van der Waals surface area (Å²) in [4.78, 5) is 4.19. The molecule has 118 valence electrons. The van der Waals surface area contributed by atoms with E-state index in [1.165, 1.54) is 12.8 Å². The van der Waals surface area contributed by atoms with Crippen LogP contribution < -0.4 is 10.6 Å². The molecule has 2 N–H and O–H groups in total. The van der Waals surface area contributed by atoms with Gasteiger partial charge < -0.3 is 10.6 Å². The van der Waals surface area contributed by atoms with E-state index in [-0.39, 0.29) is 11.6 Å². The average molecular weight is 319 g/mol. The standard InChI is InChI=1S/C14H20F3N3S/c1-2-18-12-7-10(14(15,16)17)8-13(20-12)19-9-11-5-3-4-6-21-11/h7-8,11H,2-6,9H2,1H3,(H2,18,19,20). The number of hydrogen-bond acceptors (Lipinski definition) is 4. The Morgan fingerprint density at radius 1 is 1.24 bits per heavy atom. The molecule has 0 aliphatic carbocycles. The van der Waals surface area contributed by atoms with Crippen molar-refractivity contribution in [1.29, 1.82) is 0 Å². The number of nitrogens with zero attached hydrogens (tertiary/aromatic N) is 1. The molecular weight excluding hydrogens is 299 g/mol. The molecule has 2 heterocycles. The minimum atomic E-state index is -4.36. The molecule has 1 atom stereocenters. The van der Waals surface area contributed by atoms with Gasteiger partial charge in [0.15, 0.2) is 0 Å². The zero-order chi connectivity index (χ0) is 15.3. The van der Waals surface area contributed by atoms with Crippen molar-refractivity contribution in [3.8, 4) is 0 Å². The normalized spacial score (nSPS) is 19.3. The Bertz CT molecular complexity index is 459. The number of anilines is 2. The molecular formula is C14H20F3N3S. The maximum atomic E-state index is 12.9. The first kappa shape index (κ1) is 16.3. The summed E-state index contributed by atoms with van der Waals surface area (Å²) in [5.41, 5.74) is -0.674. The van der Waals surface area contributed by atoms with Crippen molar-refractivity contribution in [2.24, 2.45) is 0 Å². The summed E-state index contributed by atoms with van der Waals surface area (Å²) < 4.78 is 38.7. The number of aromatic nitrogens is 1. The van der Waals surface area contributed by atoms with Crippen LogP contribution in [0.2, 0.25) is 0 Å². The van der Waals surface area contributed by atoms with E-state index >= 15 is 0 Å². The summed E-state index contributed by atoms with van der Waals surface area (Å²) in [6, 6.07) is 2.12. The van der Waals surface area contributed by atoms with Crippen LogP contribution in [0.25, 0.3) is 0 Å². The van der Waals surface area contributed by atoms with Crippen molar-refractivity contribution >= 4 is 23.4 Å². The predicted octanol–water partition coefficient (Wildman–Crippen LogP) is 4.23. The molecule has 0 spiro atoms. The number of alkyl halides is 3. The van der Waals surface area contributed by atoms with Crippen LogP contribution in [-0.4, -0.2) is 29.1 Å². The van der Waals surface area contributed by atoms with Crippen LogP contribution in [-0.2, 0) is 6.18 Å². The van der Waals surface area contributed by atoms with Crippen molar-refractivity contribution in [2.75, 3.05) is 29.5 Å².